The SMILES string of the molecule is CC1CCCCN1Cc1ccccc1CN=C(N)N1CCSCC1. The maximum Gasteiger partial charge on any atom is 0.191 e. The van der Waals surface area contributed by atoms with E-state index < -0.39 is 0 Å². The Labute approximate surface area is 150 Å². The summed E-state index contributed by atoms with van der Waals surface area (Å²) in [6.45, 7) is 7.33. The Bertz CT molecular complexity index is 554. The lowest BCUT2D eigenvalue weighted by Gasteiger charge is -2.33. The van der Waals surface area contributed by atoms with Crippen LogP contribution in [0.2, 0.25) is 0 Å². The molecule has 1 aromatic carbocycles. The third kappa shape index (κ3) is 4.67. The van der Waals surface area contributed by atoms with Crippen LogP contribution in [0.4, 0.5) is 0 Å². The minimum absolute atomic E-state index is 0.686. The topological polar surface area (TPSA) is 44.9 Å². The first-order chi connectivity index (χ1) is 11.7. The van der Waals surface area contributed by atoms with E-state index in [1.807, 2.05) is 11.8 Å². The summed E-state index contributed by atoms with van der Waals surface area (Å²) in [4.78, 5) is 9.51. The second-order valence-corrected chi connectivity index (χ2v) is 8.08. The predicted octanol–water partition coefficient (Wildman–Crippen LogP) is 2.92. The molecule has 0 radical (unpaired) electrons. The summed E-state index contributed by atoms with van der Waals surface area (Å²) >= 11 is 1.99. The maximum atomic E-state index is 6.21. The third-order valence-corrected chi connectivity index (χ3v) is 6.12. The number of hydrogen-bond donors (Lipinski definition) is 1. The molecule has 1 atom stereocenters. The first kappa shape index (κ1) is 17.6. The molecule has 0 aliphatic carbocycles. The lowest BCUT2D eigenvalue weighted by atomic mass is 10.0. The van der Waals surface area contributed by atoms with E-state index in [4.69, 9.17) is 5.73 Å². The van der Waals surface area contributed by atoms with Gasteiger partial charge in [-0.15, -0.1) is 0 Å². The maximum absolute atomic E-state index is 6.21. The zero-order valence-electron chi connectivity index (χ0n) is 14.8. The number of aliphatic imine (C=N–C) groups is 1. The van der Waals surface area contributed by atoms with Gasteiger partial charge in [-0.2, -0.15) is 11.8 Å². The zero-order chi connectivity index (χ0) is 16.8. The summed E-state index contributed by atoms with van der Waals surface area (Å²) in [5.74, 6) is 3.01. The summed E-state index contributed by atoms with van der Waals surface area (Å²) in [5, 5.41) is 0. The van der Waals surface area contributed by atoms with Crippen molar-refractivity contribution in [3.63, 3.8) is 0 Å². The summed E-state index contributed by atoms with van der Waals surface area (Å²) in [7, 11) is 0. The van der Waals surface area contributed by atoms with Crippen LogP contribution in [0.1, 0.15) is 37.3 Å². The zero-order valence-corrected chi connectivity index (χ0v) is 15.6. The Hall–Kier alpha value is -1.20. The highest BCUT2D eigenvalue weighted by Gasteiger charge is 2.19. The second-order valence-electron chi connectivity index (χ2n) is 6.86. The van der Waals surface area contributed by atoms with Crippen LogP contribution in [0.3, 0.4) is 0 Å². The van der Waals surface area contributed by atoms with E-state index in [0.717, 1.165) is 31.1 Å². The highest BCUT2D eigenvalue weighted by Crippen LogP contribution is 2.21. The molecule has 5 heteroatoms. The predicted molar refractivity (Wildman–Crippen MR) is 104 cm³/mol. The number of piperidine rings is 1. The van der Waals surface area contributed by atoms with Crippen molar-refractivity contribution in [1.82, 2.24) is 9.80 Å². The largest absolute Gasteiger partial charge is 0.370 e. The van der Waals surface area contributed by atoms with Crippen molar-refractivity contribution in [3.05, 3.63) is 35.4 Å². The summed E-state index contributed by atoms with van der Waals surface area (Å²) < 4.78 is 0. The summed E-state index contributed by atoms with van der Waals surface area (Å²) in [6, 6.07) is 9.39. The van der Waals surface area contributed by atoms with E-state index in [1.165, 1.54) is 36.9 Å². The number of thioether (sulfide) groups is 1. The lowest BCUT2D eigenvalue weighted by Crippen LogP contribution is -2.42. The smallest absolute Gasteiger partial charge is 0.191 e. The van der Waals surface area contributed by atoms with Crippen LogP contribution in [0.25, 0.3) is 0 Å². The highest BCUT2D eigenvalue weighted by molar-refractivity contribution is 7.99. The third-order valence-electron chi connectivity index (χ3n) is 5.18. The van der Waals surface area contributed by atoms with Crippen molar-refractivity contribution in [1.29, 1.82) is 0 Å². The second kappa shape index (κ2) is 8.77. The van der Waals surface area contributed by atoms with E-state index in [0.29, 0.717) is 18.5 Å². The molecule has 0 spiro atoms. The number of nitrogens with zero attached hydrogens (tertiary/aromatic N) is 3. The molecule has 2 aliphatic rings. The van der Waals surface area contributed by atoms with Gasteiger partial charge in [-0.25, -0.2) is 4.99 Å². The van der Waals surface area contributed by atoms with Gasteiger partial charge >= 0.3 is 0 Å². The molecule has 4 nitrogen and oxygen atoms in total. The van der Waals surface area contributed by atoms with E-state index in [2.05, 4.69) is 46.0 Å². The number of guanidine groups is 1. The van der Waals surface area contributed by atoms with E-state index in [9.17, 15) is 0 Å². The number of nitrogens with two attached hydrogens (primary N) is 1. The molecule has 2 N–H and O–H groups in total. The van der Waals surface area contributed by atoms with Gasteiger partial charge < -0.3 is 10.6 Å². The van der Waals surface area contributed by atoms with Crippen molar-refractivity contribution < 1.29 is 0 Å². The van der Waals surface area contributed by atoms with Crippen molar-refractivity contribution in [2.75, 3.05) is 31.1 Å². The molecule has 3 rings (SSSR count). The van der Waals surface area contributed by atoms with E-state index >= 15 is 0 Å². The van der Waals surface area contributed by atoms with Gasteiger partial charge in [0.05, 0.1) is 6.54 Å². The molecule has 0 bridgehead atoms. The average molecular weight is 347 g/mol. The molecule has 132 valence electrons. The fourth-order valence-corrected chi connectivity index (χ4v) is 4.44. The highest BCUT2D eigenvalue weighted by atomic mass is 32.2. The van der Waals surface area contributed by atoms with Crippen LogP contribution in [0, 0.1) is 0 Å². The van der Waals surface area contributed by atoms with Crippen molar-refractivity contribution >= 4 is 17.7 Å². The van der Waals surface area contributed by atoms with Crippen LogP contribution in [-0.4, -0.2) is 52.9 Å². The Morgan fingerprint density at radius 2 is 1.92 bits per heavy atom. The normalized spacial score (nSPS) is 23.5. The van der Waals surface area contributed by atoms with Gasteiger partial charge in [-0.3, -0.25) is 4.90 Å². The van der Waals surface area contributed by atoms with Gasteiger partial charge in [0.15, 0.2) is 5.96 Å². The number of rotatable bonds is 4. The Morgan fingerprint density at radius 1 is 1.17 bits per heavy atom. The molecular weight excluding hydrogens is 316 g/mol. The van der Waals surface area contributed by atoms with Gasteiger partial charge in [0, 0.05) is 37.2 Å². The van der Waals surface area contributed by atoms with Gasteiger partial charge in [0.25, 0.3) is 0 Å². The van der Waals surface area contributed by atoms with Crippen molar-refractivity contribution in [3.8, 4) is 0 Å². The molecule has 0 saturated carbocycles. The van der Waals surface area contributed by atoms with Gasteiger partial charge in [-0.05, 0) is 37.4 Å². The minimum atomic E-state index is 0.686. The summed E-state index contributed by atoms with van der Waals surface area (Å²) in [6.07, 6.45) is 4.01. The van der Waals surface area contributed by atoms with E-state index in [-0.39, 0.29) is 0 Å². The number of hydrogen-bond acceptors (Lipinski definition) is 3. The minimum Gasteiger partial charge on any atom is -0.370 e. The molecule has 2 fully saturated rings. The van der Waals surface area contributed by atoms with Crippen LogP contribution in [-0.2, 0) is 13.1 Å². The average Bonchev–Trinajstić information content (AvgIpc) is 2.63. The summed E-state index contributed by atoms with van der Waals surface area (Å²) in [5.41, 5.74) is 8.92. The number of benzene rings is 1. The Morgan fingerprint density at radius 3 is 2.67 bits per heavy atom. The first-order valence-electron chi connectivity index (χ1n) is 9.17. The molecular formula is C19H30N4S. The fraction of sp³-hybridized carbons (Fsp3) is 0.632. The molecule has 0 aromatic heterocycles. The fourth-order valence-electron chi connectivity index (χ4n) is 3.54. The molecule has 2 aliphatic heterocycles. The van der Waals surface area contributed by atoms with Gasteiger partial charge in [-0.1, -0.05) is 30.7 Å². The molecule has 1 aromatic rings. The molecule has 1 unspecified atom stereocenters. The monoisotopic (exact) mass is 346 g/mol. The van der Waals surface area contributed by atoms with Gasteiger partial charge in [0.1, 0.15) is 0 Å². The van der Waals surface area contributed by atoms with Crippen molar-refractivity contribution in [2.24, 2.45) is 10.7 Å². The van der Waals surface area contributed by atoms with Crippen LogP contribution in [0.5, 0.6) is 0 Å². The molecule has 2 heterocycles. The molecule has 24 heavy (non-hydrogen) atoms. The van der Waals surface area contributed by atoms with Crippen LogP contribution >= 0.6 is 11.8 Å². The van der Waals surface area contributed by atoms with Crippen molar-refractivity contribution in [2.45, 2.75) is 45.3 Å². The van der Waals surface area contributed by atoms with E-state index in [1.54, 1.807) is 0 Å². The molecule has 0 amide bonds. The first-order valence-corrected chi connectivity index (χ1v) is 10.3. The molecule has 2 saturated heterocycles. The number of likely N-dealkylation sites (tertiary alicyclic amines) is 1. The quantitative estimate of drug-likeness (QED) is 0.672. The van der Waals surface area contributed by atoms with Crippen LogP contribution in [0.15, 0.2) is 29.3 Å². The van der Waals surface area contributed by atoms with Gasteiger partial charge in [0.2, 0.25) is 0 Å². The standard InChI is InChI=1S/C19H30N4S/c1-16-6-4-5-9-23(16)15-18-8-3-2-7-17(18)14-21-19(20)22-10-12-24-13-11-22/h2-3,7-8,16H,4-6,9-15H2,1H3,(H2,20,21). The Balaban J connectivity index is 1.65. The Kier molecular flexibility index (Phi) is 6.44. The van der Waals surface area contributed by atoms with Crippen LogP contribution < -0.4 is 5.73 Å². The lowest BCUT2D eigenvalue weighted by molar-refractivity contribution is 0.152.